The minimum absolute atomic E-state index is 0.295. The average Bonchev–Trinajstić information content (AvgIpc) is 3.26. The number of hydrogen-bond acceptors (Lipinski definition) is 4. The fourth-order valence-corrected chi connectivity index (χ4v) is 2.82. The van der Waals surface area contributed by atoms with Crippen LogP contribution in [0.5, 0.6) is 0 Å². The number of amides is 1. The van der Waals surface area contributed by atoms with E-state index >= 15 is 0 Å². The van der Waals surface area contributed by atoms with Crippen molar-refractivity contribution in [2.45, 2.75) is 6.92 Å². The number of nitrogens with zero attached hydrogens (tertiary/aromatic N) is 3. The van der Waals surface area contributed by atoms with Gasteiger partial charge in [-0.2, -0.15) is 5.10 Å². The van der Waals surface area contributed by atoms with Crippen LogP contribution in [0.15, 0.2) is 78.2 Å². The van der Waals surface area contributed by atoms with E-state index in [1.54, 1.807) is 12.3 Å². The fourth-order valence-electron chi connectivity index (χ4n) is 2.82. The maximum Gasteiger partial charge on any atom is 0.272 e. The number of hydrogen-bond donors (Lipinski definition) is 2. The van der Waals surface area contributed by atoms with Crippen molar-refractivity contribution in [3.8, 4) is 11.4 Å². The average molecular weight is 355 g/mol. The number of nitrogens with one attached hydrogen (secondary N) is 2. The Morgan fingerprint density at radius 1 is 1.04 bits per heavy atom. The normalized spacial score (nSPS) is 11.5. The van der Waals surface area contributed by atoms with E-state index in [0.29, 0.717) is 22.7 Å². The van der Waals surface area contributed by atoms with Gasteiger partial charge in [0.2, 0.25) is 0 Å². The topological polar surface area (TPSA) is 83.0 Å². The lowest BCUT2D eigenvalue weighted by Gasteiger charge is -2.09. The second-order valence-corrected chi connectivity index (χ2v) is 6.01. The lowest BCUT2D eigenvalue weighted by Crippen LogP contribution is -2.20. The van der Waals surface area contributed by atoms with Gasteiger partial charge in [0.05, 0.1) is 33.9 Å². The monoisotopic (exact) mass is 355 g/mol. The predicted octanol–water partition coefficient (Wildman–Crippen LogP) is 3.78. The van der Waals surface area contributed by atoms with Crippen LogP contribution in [0.1, 0.15) is 23.0 Å². The van der Waals surface area contributed by atoms with E-state index in [-0.39, 0.29) is 5.91 Å². The molecule has 0 radical (unpaired) electrons. The largest absolute Gasteiger partial charge is 0.360 e. The molecule has 0 spiro atoms. The number of H-pyrrole nitrogens is 1. The van der Waals surface area contributed by atoms with Gasteiger partial charge in [0, 0.05) is 17.8 Å². The first-order valence-corrected chi connectivity index (χ1v) is 8.52. The minimum Gasteiger partial charge on any atom is -0.360 e. The Bertz CT molecular complexity index is 1120. The Kier molecular flexibility index (Phi) is 4.45. The molecule has 0 saturated heterocycles. The van der Waals surface area contributed by atoms with Gasteiger partial charge >= 0.3 is 0 Å². The van der Waals surface area contributed by atoms with Crippen molar-refractivity contribution in [3.63, 3.8) is 0 Å². The summed E-state index contributed by atoms with van der Waals surface area (Å²) in [6.07, 6.45) is 3.52. The molecule has 6 nitrogen and oxygen atoms in total. The number of carbonyl (C=O) groups is 1. The minimum atomic E-state index is -0.295. The van der Waals surface area contributed by atoms with Gasteiger partial charge in [0.1, 0.15) is 0 Å². The van der Waals surface area contributed by atoms with Gasteiger partial charge in [-0.3, -0.25) is 9.78 Å². The zero-order valence-electron chi connectivity index (χ0n) is 14.7. The molecule has 0 aliphatic carbocycles. The Labute approximate surface area is 156 Å². The maximum atomic E-state index is 12.8. The van der Waals surface area contributed by atoms with Gasteiger partial charge in [-0.05, 0) is 43.3 Å². The Balaban J connectivity index is 1.73. The summed E-state index contributed by atoms with van der Waals surface area (Å²) in [4.78, 5) is 24.9. The lowest BCUT2D eigenvalue weighted by atomic mass is 10.1. The van der Waals surface area contributed by atoms with Crippen molar-refractivity contribution in [1.82, 2.24) is 20.4 Å². The standard InChI is InChI=1S/C21H17N5O/c1-14(17-10-6-12-22-17)25-26-21(27)16-13-20(19-9-4-5-11-23-19)24-18-8-3-2-7-15(16)18/h2-13,22H,1H3,(H,26,27)/b25-14+. The first-order chi connectivity index (χ1) is 13.2. The zero-order valence-corrected chi connectivity index (χ0v) is 14.7. The number of benzene rings is 1. The third-order valence-corrected chi connectivity index (χ3v) is 4.20. The summed E-state index contributed by atoms with van der Waals surface area (Å²) < 4.78 is 0. The van der Waals surface area contributed by atoms with Gasteiger partial charge in [0.25, 0.3) is 5.91 Å². The van der Waals surface area contributed by atoms with E-state index in [9.17, 15) is 4.79 Å². The van der Waals surface area contributed by atoms with Gasteiger partial charge in [0.15, 0.2) is 0 Å². The molecule has 3 aromatic heterocycles. The van der Waals surface area contributed by atoms with Crippen LogP contribution < -0.4 is 5.43 Å². The van der Waals surface area contributed by atoms with Crippen LogP contribution in [-0.4, -0.2) is 26.6 Å². The molecule has 4 aromatic rings. The van der Waals surface area contributed by atoms with Crippen molar-refractivity contribution in [1.29, 1.82) is 0 Å². The first kappa shape index (κ1) is 16.7. The molecule has 2 N–H and O–H groups in total. The van der Waals surface area contributed by atoms with Crippen LogP contribution in [0.25, 0.3) is 22.3 Å². The van der Waals surface area contributed by atoms with Gasteiger partial charge in [-0.25, -0.2) is 10.4 Å². The van der Waals surface area contributed by atoms with E-state index in [0.717, 1.165) is 16.6 Å². The van der Waals surface area contributed by atoms with Crippen LogP contribution in [0.4, 0.5) is 0 Å². The van der Waals surface area contributed by atoms with E-state index in [4.69, 9.17) is 0 Å². The van der Waals surface area contributed by atoms with Gasteiger partial charge in [-0.15, -0.1) is 0 Å². The second kappa shape index (κ2) is 7.21. The summed E-state index contributed by atoms with van der Waals surface area (Å²) in [6.45, 7) is 1.83. The number of rotatable bonds is 4. The molecule has 3 heterocycles. The molecular formula is C21H17N5O. The quantitative estimate of drug-likeness (QED) is 0.432. The van der Waals surface area contributed by atoms with Crippen LogP contribution in [0, 0.1) is 0 Å². The number of aromatic nitrogens is 3. The first-order valence-electron chi connectivity index (χ1n) is 8.52. The molecule has 0 bridgehead atoms. The molecule has 0 unspecified atom stereocenters. The molecule has 1 amide bonds. The molecule has 0 aliphatic rings. The number of fused-ring (bicyclic) bond motifs is 1. The van der Waals surface area contributed by atoms with Crippen molar-refractivity contribution < 1.29 is 4.79 Å². The molecule has 0 aliphatic heterocycles. The molecular weight excluding hydrogens is 338 g/mol. The number of hydrazone groups is 1. The van der Waals surface area contributed by atoms with Gasteiger partial charge in [-0.1, -0.05) is 24.3 Å². The highest BCUT2D eigenvalue weighted by Gasteiger charge is 2.14. The molecule has 0 atom stereocenters. The fraction of sp³-hybridized carbons (Fsp3) is 0.0476. The molecule has 4 rings (SSSR count). The Morgan fingerprint density at radius 2 is 1.89 bits per heavy atom. The van der Waals surface area contributed by atoms with E-state index in [1.165, 1.54) is 0 Å². The van der Waals surface area contributed by atoms with Gasteiger partial charge < -0.3 is 4.98 Å². The predicted molar refractivity (Wildman–Crippen MR) is 105 cm³/mol. The summed E-state index contributed by atoms with van der Waals surface area (Å²) >= 11 is 0. The van der Waals surface area contributed by atoms with E-state index < -0.39 is 0 Å². The van der Waals surface area contributed by atoms with Crippen LogP contribution in [0.3, 0.4) is 0 Å². The molecule has 1 aromatic carbocycles. The molecule has 132 valence electrons. The van der Waals surface area contributed by atoms with Crippen LogP contribution >= 0.6 is 0 Å². The highest BCUT2D eigenvalue weighted by molar-refractivity contribution is 6.07. The molecule has 27 heavy (non-hydrogen) atoms. The van der Waals surface area contributed by atoms with E-state index in [1.807, 2.05) is 67.7 Å². The SMILES string of the molecule is C/C(=N\NC(=O)c1cc(-c2ccccn2)nc2ccccc12)c1ccc[nH]1. The maximum absolute atomic E-state index is 12.8. The van der Waals surface area contributed by atoms with Crippen LogP contribution in [-0.2, 0) is 0 Å². The summed E-state index contributed by atoms with van der Waals surface area (Å²) in [5.74, 6) is -0.295. The summed E-state index contributed by atoms with van der Waals surface area (Å²) in [6, 6.07) is 18.7. The molecule has 0 fully saturated rings. The van der Waals surface area contributed by atoms with Crippen molar-refractivity contribution in [3.05, 3.63) is 84.3 Å². The third-order valence-electron chi connectivity index (χ3n) is 4.20. The summed E-state index contributed by atoms with van der Waals surface area (Å²) in [5, 5.41) is 4.97. The second-order valence-electron chi connectivity index (χ2n) is 6.01. The number of para-hydroxylation sites is 1. The van der Waals surface area contributed by atoms with E-state index in [2.05, 4.69) is 25.5 Å². The smallest absolute Gasteiger partial charge is 0.272 e. The third kappa shape index (κ3) is 3.46. The zero-order chi connectivity index (χ0) is 18.6. The number of pyridine rings is 2. The molecule has 6 heteroatoms. The van der Waals surface area contributed by atoms with Crippen molar-refractivity contribution >= 4 is 22.5 Å². The Hall–Kier alpha value is -3.80. The van der Waals surface area contributed by atoms with Crippen molar-refractivity contribution in [2.24, 2.45) is 5.10 Å². The number of carbonyl (C=O) groups excluding carboxylic acids is 1. The highest BCUT2D eigenvalue weighted by Crippen LogP contribution is 2.23. The highest BCUT2D eigenvalue weighted by atomic mass is 16.2. The lowest BCUT2D eigenvalue weighted by molar-refractivity contribution is 0.0956. The van der Waals surface area contributed by atoms with Crippen molar-refractivity contribution in [2.75, 3.05) is 0 Å². The summed E-state index contributed by atoms with van der Waals surface area (Å²) in [5.41, 5.74) is 6.77. The summed E-state index contributed by atoms with van der Waals surface area (Å²) in [7, 11) is 0. The Morgan fingerprint density at radius 3 is 2.67 bits per heavy atom. The number of aromatic amines is 1. The molecule has 0 saturated carbocycles. The van der Waals surface area contributed by atoms with Crippen LogP contribution in [0.2, 0.25) is 0 Å².